The number of nitrogens with one attached hydrogen (secondary N) is 1. The number of carbonyl (C=O) groups excluding carboxylic acids is 1. The Labute approximate surface area is 205 Å². The Kier molecular flexibility index (Phi) is 6.13. The summed E-state index contributed by atoms with van der Waals surface area (Å²) in [6.07, 6.45) is -1.42. The molecular weight excluding hydrogens is 499 g/mol. The number of alkyl halides is 3. The van der Waals surface area contributed by atoms with Crippen molar-refractivity contribution in [2.24, 2.45) is 0 Å². The van der Waals surface area contributed by atoms with Gasteiger partial charge in [-0.25, -0.2) is 8.78 Å². The molecule has 1 aliphatic rings. The van der Waals surface area contributed by atoms with Crippen LogP contribution in [0.5, 0.6) is 0 Å². The number of hydrogen-bond acceptors (Lipinski definition) is 5. The minimum atomic E-state index is -4.47. The maximum absolute atomic E-state index is 14.3. The third-order valence-corrected chi connectivity index (χ3v) is 5.98. The standard InChI is InChI=1S/C24H19F5N6O2/c25-15-4-3-5-16(26)22(15)35-20(36)9-7-18(32-35)23(37)31-17-6-8-19-14(21(17)33-10-1-2-11-33)12-30-34(19)13-24(27,28)29/h3-9,12H,1-2,10-11,13H2,(H,31,37). The fraction of sp³-hybridized carbons (Fsp3) is 0.250. The van der Waals surface area contributed by atoms with Crippen LogP contribution in [0.2, 0.25) is 0 Å². The first kappa shape index (κ1) is 24.4. The lowest BCUT2D eigenvalue weighted by atomic mass is 10.1. The molecule has 5 rings (SSSR count). The molecule has 0 atom stereocenters. The highest BCUT2D eigenvalue weighted by Crippen LogP contribution is 2.37. The summed E-state index contributed by atoms with van der Waals surface area (Å²) in [6, 6.07) is 8.00. The molecule has 13 heteroatoms. The molecule has 3 heterocycles. The third-order valence-electron chi connectivity index (χ3n) is 5.98. The van der Waals surface area contributed by atoms with Crippen LogP contribution in [0.3, 0.4) is 0 Å². The van der Waals surface area contributed by atoms with Gasteiger partial charge in [-0.05, 0) is 43.2 Å². The van der Waals surface area contributed by atoms with E-state index in [2.05, 4.69) is 15.5 Å². The average Bonchev–Trinajstić information content (AvgIpc) is 3.49. The molecule has 1 aliphatic heterocycles. The minimum absolute atomic E-state index is 0.249. The van der Waals surface area contributed by atoms with Crippen LogP contribution in [0.1, 0.15) is 23.3 Å². The molecule has 0 aliphatic carbocycles. The minimum Gasteiger partial charge on any atom is -0.369 e. The topological polar surface area (TPSA) is 85.0 Å². The lowest BCUT2D eigenvalue weighted by Gasteiger charge is -2.23. The predicted octanol–water partition coefficient (Wildman–Crippen LogP) is 4.28. The van der Waals surface area contributed by atoms with Crippen LogP contribution < -0.4 is 15.8 Å². The number of halogens is 5. The van der Waals surface area contributed by atoms with Crippen LogP contribution >= 0.6 is 0 Å². The second-order valence-corrected chi connectivity index (χ2v) is 8.50. The van der Waals surface area contributed by atoms with E-state index >= 15 is 0 Å². The van der Waals surface area contributed by atoms with Crippen molar-refractivity contribution < 1.29 is 26.7 Å². The number of amides is 1. The van der Waals surface area contributed by atoms with Gasteiger partial charge in [-0.1, -0.05) is 6.07 Å². The number of nitrogens with zero attached hydrogens (tertiary/aromatic N) is 5. The molecule has 8 nitrogen and oxygen atoms in total. The first-order valence-electron chi connectivity index (χ1n) is 11.3. The van der Waals surface area contributed by atoms with Crippen molar-refractivity contribution in [2.75, 3.05) is 23.3 Å². The van der Waals surface area contributed by atoms with Gasteiger partial charge in [-0.15, -0.1) is 0 Å². The second-order valence-electron chi connectivity index (χ2n) is 8.50. The Morgan fingerprint density at radius 2 is 1.68 bits per heavy atom. The first-order chi connectivity index (χ1) is 17.6. The van der Waals surface area contributed by atoms with Crippen LogP contribution in [0, 0.1) is 11.6 Å². The zero-order valence-electron chi connectivity index (χ0n) is 19.1. The number of carbonyl (C=O) groups is 1. The Morgan fingerprint density at radius 3 is 2.35 bits per heavy atom. The first-order valence-corrected chi connectivity index (χ1v) is 11.3. The van der Waals surface area contributed by atoms with E-state index in [-0.39, 0.29) is 11.2 Å². The summed E-state index contributed by atoms with van der Waals surface area (Å²) in [5.41, 5.74) is -0.829. The number of hydrogen-bond donors (Lipinski definition) is 1. The van der Waals surface area contributed by atoms with Gasteiger partial charge >= 0.3 is 6.18 Å². The number of rotatable bonds is 5. The van der Waals surface area contributed by atoms with Gasteiger partial charge in [0.1, 0.15) is 17.9 Å². The second kappa shape index (κ2) is 9.30. The molecule has 37 heavy (non-hydrogen) atoms. The van der Waals surface area contributed by atoms with Crippen molar-refractivity contribution in [1.29, 1.82) is 0 Å². The fourth-order valence-electron chi connectivity index (χ4n) is 4.39. The van der Waals surface area contributed by atoms with Crippen molar-refractivity contribution in [3.05, 3.63) is 76.3 Å². The van der Waals surface area contributed by atoms with E-state index < -0.39 is 41.5 Å². The molecule has 2 aromatic carbocycles. The Morgan fingerprint density at radius 1 is 0.973 bits per heavy atom. The quantitative estimate of drug-likeness (QED) is 0.399. The summed E-state index contributed by atoms with van der Waals surface area (Å²) >= 11 is 0. The largest absolute Gasteiger partial charge is 0.408 e. The van der Waals surface area contributed by atoms with Crippen molar-refractivity contribution in [3.63, 3.8) is 0 Å². The molecule has 0 bridgehead atoms. The van der Waals surface area contributed by atoms with Crippen molar-refractivity contribution in [3.8, 4) is 5.69 Å². The third kappa shape index (κ3) is 4.76. The Hall–Kier alpha value is -4.29. The zero-order valence-corrected chi connectivity index (χ0v) is 19.1. The van der Waals surface area contributed by atoms with E-state index in [1.165, 1.54) is 18.3 Å². The molecule has 0 spiro atoms. The highest BCUT2D eigenvalue weighted by molar-refractivity contribution is 6.08. The van der Waals surface area contributed by atoms with E-state index in [4.69, 9.17) is 0 Å². The van der Waals surface area contributed by atoms with Gasteiger partial charge < -0.3 is 10.2 Å². The number of para-hydroxylation sites is 1. The molecule has 192 valence electrons. The summed E-state index contributed by atoms with van der Waals surface area (Å²) in [7, 11) is 0. The molecule has 2 aromatic heterocycles. The Bertz CT molecular complexity index is 1540. The Balaban J connectivity index is 1.54. The van der Waals surface area contributed by atoms with Gasteiger partial charge in [-0.2, -0.15) is 28.1 Å². The lowest BCUT2D eigenvalue weighted by Crippen LogP contribution is -2.27. The van der Waals surface area contributed by atoms with Crippen molar-refractivity contribution >= 4 is 28.2 Å². The van der Waals surface area contributed by atoms with Crippen LogP contribution in [0.4, 0.5) is 33.3 Å². The molecule has 0 unspecified atom stereocenters. The monoisotopic (exact) mass is 518 g/mol. The highest BCUT2D eigenvalue weighted by Gasteiger charge is 2.30. The molecule has 0 radical (unpaired) electrons. The average molecular weight is 518 g/mol. The lowest BCUT2D eigenvalue weighted by molar-refractivity contribution is -0.141. The summed E-state index contributed by atoms with van der Waals surface area (Å²) in [5.74, 6) is -2.86. The van der Waals surface area contributed by atoms with E-state index in [1.807, 2.05) is 4.90 Å². The maximum atomic E-state index is 14.3. The predicted molar refractivity (Wildman–Crippen MR) is 125 cm³/mol. The number of fused-ring (bicyclic) bond motifs is 1. The molecule has 0 saturated carbocycles. The summed E-state index contributed by atoms with van der Waals surface area (Å²) in [5, 5.41) is 10.9. The number of anilines is 2. The van der Waals surface area contributed by atoms with Gasteiger partial charge in [0.25, 0.3) is 11.5 Å². The van der Waals surface area contributed by atoms with Gasteiger partial charge in [0.15, 0.2) is 11.6 Å². The normalized spacial score (nSPS) is 13.9. The van der Waals surface area contributed by atoms with Gasteiger partial charge in [0.05, 0.1) is 23.1 Å². The smallest absolute Gasteiger partial charge is 0.369 e. The van der Waals surface area contributed by atoms with Crippen molar-refractivity contribution in [2.45, 2.75) is 25.6 Å². The van der Waals surface area contributed by atoms with E-state index in [0.717, 1.165) is 47.9 Å². The summed E-state index contributed by atoms with van der Waals surface area (Å²) < 4.78 is 68.9. The summed E-state index contributed by atoms with van der Waals surface area (Å²) in [6.45, 7) is -0.00996. The maximum Gasteiger partial charge on any atom is 0.408 e. The van der Waals surface area contributed by atoms with Crippen LogP contribution in [-0.4, -0.2) is 44.7 Å². The van der Waals surface area contributed by atoms with E-state index in [0.29, 0.717) is 34.5 Å². The molecule has 1 amide bonds. The van der Waals surface area contributed by atoms with Crippen molar-refractivity contribution in [1.82, 2.24) is 19.6 Å². The highest BCUT2D eigenvalue weighted by atomic mass is 19.4. The fourth-order valence-corrected chi connectivity index (χ4v) is 4.39. The van der Waals surface area contributed by atoms with Gasteiger partial charge in [0.2, 0.25) is 0 Å². The molecule has 4 aromatic rings. The van der Waals surface area contributed by atoms with Crippen LogP contribution in [0.15, 0.2) is 53.5 Å². The van der Waals surface area contributed by atoms with Crippen LogP contribution in [-0.2, 0) is 6.54 Å². The SMILES string of the molecule is O=C(Nc1ccc2c(cnn2CC(F)(F)F)c1N1CCCC1)c1ccc(=O)n(-c2c(F)cccc2F)n1. The van der Waals surface area contributed by atoms with E-state index in [9.17, 15) is 31.5 Å². The molecular formula is C24H19F5N6O2. The molecule has 1 saturated heterocycles. The van der Waals surface area contributed by atoms with Crippen LogP contribution in [0.25, 0.3) is 16.6 Å². The molecule has 1 N–H and O–H groups in total. The number of aromatic nitrogens is 4. The van der Waals surface area contributed by atoms with Gasteiger partial charge in [0, 0.05) is 24.5 Å². The zero-order chi connectivity index (χ0) is 26.3. The van der Waals surface area contributed by atoms with E-state index in [1.54, 1.807) is 0 Å². The number of benzene rings is 2. The molecule has 1 fully saturated rings. The van der Waals surface area contributed by atoms with Gasteiger partial charge in [-0.3, -0.25) is 14.3 Å². The summed E-state index contributed by atoms with van der Waals surface area (Å²) in [4.78, 5) is 27.3.